The lowest BCUT2D eigenvalue weighted by atomic mass is 10.0. The summed E-state index contributed by atoms with van der Waals surface area (Å²) in [4.78, 5) is 18.0. The lowest BCUT2D eigenvalue weighted by molar-refractivity contribution is 0.0697. The highest BCUT2D eigenvalue weighted by molar-refractivity contribution is 7.80. The van der Waals surface area contributed by atoms with Crippen LogP contribution < -0.4 is 10.2 Å². The minimum absolute atomic E-state index is 0.133. The fourth-order valence-corrected chi connectivity index (χ4v) is 4.57. The van der Waals surface area contributed by atoms with Crippen molar-refractivity contribution in [3.63, 3.8) is 0 Å². The molecule has 0 unspecified atom stereocenters. The van der Waals surface area contributed by atoms with Crippen molar-refractivity contribution in [3.05, 3.63) is 107 Å². The number of furan rings is 1. The highest BCUT2D eigenvalue weighted by Crippen LogP contribution is 2.43. The smallest absolute Gasteiger partial charge is 0.335 e. The molecule has 2 N–H and O–H groups in total. The van der Waals surface area contributed by atoms with Crippen molar-refractivity contribution >= 4 is 40.6 Å². The number of hydrogen-bond acceptors (Lipinski definition) is 4. The summed E-state index contributed by atoms with van der Waals surface area (Å²) in [6, 6.07) is 23.2. The maximum atomic E-state index is 11.4. The van der Waals surface area contributed by atoms with Crippen LogP contribution in [0.25, 0.3) is 11.3 Å². The van der Waals surface area contributed by atoms with Crippen molar-refractivity contribution in [2.75, 3.05) is 4.90 Å². The molecular formula is C25H18ClN3O3S. The average Bonchev–Trinajstić information content (AvgIpc) is 3.45. The number of nitrogens with one attached hydrogen (secondary N) is 1. The second-order valence-electron chi connectivity index (χ2n) is 7.53. The molecule has 33 heavy (non-hydrogen) atoms. The molecule has 3 heterocycles. The molecule has 1 fully saturated rings. The fraction of sp³-hybridized carbons (Fsp3) is 0.0800. The van der Waals surface area contributed by atoms with Crippen molar-refractivity contribution in [2.45, 2.75) is 12.1 Å². The van der Waals surface area contributed by atoms with E-state index in [1.54, 1.807) is 18.3 Å². The molecule has 0 bridgehead atoms. The third kappa shape index (κ3) is 3.97. The molecule has 2 atom stereocenters. The number of pyridine rings is 1. The van der Waals surface area contributed by atoms with Crippen LogP contribution in [0.5, 0.6) is 0 Å². The Kier molecular flexibility index (Phi) is 5.58. The van der Waals surface area contributed by atoms with Gasteiger partial charge in [-0.15, -0.1) is 0 Å². The van der Waals surface area contributed by atoms with Gasteiger partial charge >= 0.3 is 5.97 Å². The van der Waals surface area contributed by atoms with E-state index in [1.165, 1.54) is 12.1 Å². The summed E-state index contributed by atoms with van der Waals surface area (Å²) in [5.74, 6) is 0.0906. The SMILES string of the molecule is O=C(O)c1ccc(Cl)c(-c2ccc([C@H]3[C@@H](c4ccccn4)NC(=S)N3c3ccccc3)o2)c1. The quantitative estimate of drug-likeness (QED) is 0.349. The Balaban J connectivity index is 1.61. The highest BCUT2D eigenvalue weighted by Gasteiger charge is 2.42. The van der Waals surface area contributed by atoms with E-state index in [9.17, 15) is 9.90 Å². The van der Waals surface area contributed by atoms with Gasteiger partial charge in [-0.3, -0.25) is 4.98 Å². The molecule has 1 aliphatic rings. The summed E-state index contributed by atoms with van der Waals surface area (Å²) in [5, 5.41) is 13.7. The van der Waals surface area contributed by atoms with Crippen LogP contribution in [-0.4, -0.2) is 21.2 Å². The van der Waals surface area contributed by atoms with E-state index in [1.807, 2.05) is 59.5 Å². The van der Waals surface area contributed by atoms with Crippen LogP contribution in [0, 0.1) is 0 Å². The normalized spacial score (nSPS) is 17.7. The topological polar surface area (TPSA) is 78.6 Å². The Morgan fingerprint density at radius 2 is 1.85 bits per heavy atom. The summed E-state index contributed by atoms with van der Waals surface area (Å²) < 4.78 is 6.27. The molecule has 2 aromatic carbocycles. The number of aromatic carboxylic acids is 1. The molecular weight excluding hydrogens is 458 g/mol. The third-order valence-electron chi connectivity index (χ3n) is 5.53. The Morgan fingerprint density at radius 1 is 1.06 bits per heavy atom. The van der Waals surface area contributed by atoms with Crippen LogP contribution in [0.1, 0.15) is 33.9 Å². The summed E-state index contributed by atoms with van der Waals surface area (Å²) in [6.07, 6.45) is 1.74. The first-order valence-corrected chi connectivity index (χ1v) is 11.0. The van der Waals surface area contributed by atoms with Gasteiger partial charge in [0.2, 0.25) is 0 Å². The van der Waals surface area contributed by atoms with Crippen LogP contribution in [0.15, 0.2) is 89.5 Å². The van der Waals surface area contributed by atoms with Gasteiger partial charge in [0.1, 0.15) is 17.6 Å². The number of nitrogens with zero attached hydrogens (tertiary/aromatic N) is 2. The Morgan fingerprint density at radius 3 is 2.58 bits per heavy atom. The summed E-state index contributed by atoms with van der Waals surface area (Å²) in [6.45, 7) is 0. The number of benzene rings is 2. The fourth-order valence-electron chi connectivity index (χ4n) is 4.01. The zero-order chi connectivity index (χ0) is 22.9. The van der Waals surface area contributed by atoms with Crippen LogP contribution in [-0.2, 0) is 0 Å². The van der Waals surface area contributed by atoms with Crippen LogP contribution in [0.2, 0.25) is 5.02 Å². The first-order chi connectivity index (χ1) is 16.0. The molecule has 2 aromatic heterocycles. The van der Waals surface area contributed by atoms with Gasteiger partial charge in [0.15, 0.2) is 5.11 Å². The monoisotopic (exact) mass is 475 g/mol. The second kappa shape index (κ2) is 8.69. The molecule has 0 amide bonds. The molecule has 0 spiro atoms. The first kappa shape index (κ1) is 21.2. The Labute approximate surface area is 200 Å². The minimum atomic E-state index is -1.03. The predicted molar refractivity (Wildman–Crippen MR) is 130 cm³/mol. The van der Waals surface area contributed by atoms with Crippen LogP contribution in [0.3, 0.4) is 0 Å². The Hall–Kier alpha value is -3.68. The van der Waals surface area contributed by atoms with E-state index in [2.05, 4.69) is 10.3 Å². The van der Waals surface area contributed by atoms with Crippen molar-refractivity contribution in [3.8, 4) is 11.3 Å². The van der Waals surface area contributed by atoms with Crippen molar-refractivity contribution in [2.24, 2.45) is 0 Å². The van der Waals surface area contributed by atoms with Gasteiger partial charge < -0.3 is 19.7 Å². The number of hydrogen-bond donors (Lipinski definition) is 2. The van der Waals surface area contributed by atoms with E-state index in [0.29, 0.717) is 27.2 Å². The molecule has 1 aliphatic heterocycles. The van der Waals surface area contributed by atoms with Gasteiger partial charge in [-0.05, 0) is 66.8 Å². The second-order valence-corrected chi connectivity index (χ2v) is 8.33. The maximum absolute atomic E-state index is 11.4. The lowest BCUT2D eigenvalue weighted by Crippen LogP contribution is -2.29. The van der Waals surface area contributed by atoms with E-state index in [-0.39, 0.29) is 17.6 Å². The number of para-hydroxylation sites is 1. The summed E-state index contributed by atoms with van der Waals surface area (Å²) >= 11 is 12.1. The molecule has 0 saturated carbocycles. The highest BCUT2D eigenvalue weighted by atomic mass is 35.5. The van der Waals surface area contributed by atoms with Crippen LogP contribution in [0.4, 0.5) is 5.69 Å². The third-order valence-corrected chi connectivity index (χ3v) is 6.17. The summed E-state index contributed by atoms with van der Waals surface area (Å²) in [5.41, 5.74) is 2.39. The lowest BCUT2D eigenvalue weighted by Gasteiger charge is -2.26. The van der Waals surface area contributed by atoms with Crippen molar-refractivity contribution in [1.82, 2.24) is 10.3 Å². The zero-order valence-electron chi connectivity index (χ0n) is 17.2. The van der Waals surface area contributed by atoms with Gasteiger partial charge in [0.05, 0.1) is 22.3 Å². The molecule has 5 rings (SSSR count). The van der Waals surface area contributed by atoms with Crippen LogP contribution >= 0.6 is 23.8 Å². The number of carboxylic acid groups (broad SMARTS) is 1. The van der Waals surface area contributed by atoms with E-state index < -0.39 is 5.97 Å². The van der Waals surface area contributed by atoms with Gasteiger partial charge in [-0.1, -0.05) is 35.9 Å². The molecule has 164 valence electrons. The van der Waals surface area contributed by atoms with Gasteiger partial charge in [-0.2, -0.15) is 0 Å². The number of halogens is 1. The molecule has 6 nitrogen and oxygen atoms in total. The molecule has 4 aromatic rings. The number of carbonyl (C=O) groups is 1. The number of thiocarbonyl (C=S) groups is 1. The molecule has 0 aliphatic carbocycles. The average molecular weight is 476 g/mol. The van der Waals surface area contributed by atoms with Gasteiger partial charge in [0.25, 0.3) is 0 Å². The van der Waals surface area contributed by atoms with E-state index in [0.717, 1.165) is 11.4 Å². The summed E-state index contributed by atoms with van der Waals surface area (Å²) in [7, 11) is 0. The molecule has 1 saturated heterocycles. The van der Waals surface area contributed by atoms with E-state index >= 15 is 0 Å². The standard InChI is InChI=1S/C25H18ClN3O3S/c26-18-10-9-15(24(30)31)14-17(18)20-11-12-21(32-20)23-22(19-8-4-5-13-27-19)28-25(33)29(23)16-6-2-1-3-7-16/h1-14,22-23H,(H,28,33)(H,30,31)/t22-,23+/m1/s1. The van der Waals surface area contributed by atoms with Gasteiger partial charge in [0, 0.05) is 17.4 Å². The van der Waals surface area contributed by atoms with E-state index in [4.69, 9.17) is 28.2 Å². The number of carboxylic acids is 1. The predicted octanol–water partition coefficient (Wildman–Crippen LogP) is 5.87. The van der Waals surface area contributed by atoms with Crippen molar-refractivity contribution in [1.29, 1.82) is 0 Å². The van der Waals surface area contributed by atoms with Crippen molar-refractivity contribution < 1.29 is 14.3 Å². The Bertz CT molecular complexity index is 1330. The minimum Gasteiger partial charge on any atom is -0.478 e. The number of rotatable bonds is 5. The maximum Gasteiger partial charge on any atom is 0.335 e. The number of anilines is 1. The largest absolute Gasteiger partial charge is 0.478 e. The number of aromatic nitrogens is 1. The zero-order valence-corrected chi connectivity index (χ0v) is 18.8. The first-order valence-electron chi connectivity index (χ1n) is 10.2. The molecule has 8 heteroatoms. The molecule has 0 radical (unpaired) electrons. The van der Waals surface area contributed by atoms with Gasteiger partial charge in [-0.25, -0.2) is 4.79 Å².